The summed E-state index contributed by atoms with van der Waals surface area (Å²) in [6, 6.07) is 4.46. The Bertz CT molecular complexity index is 907. The molecule has 0 aliphatic carbocycles. The van der Waals surface area contributed by atoms with Gasteiger partial charge < -0.3 is 5.32 Å². The van der Waals surface area contributed by atoms with E-state index in [9.17, 15) is 22.8 Å². The molecule has 0 fully saturated rings. The molecule has 2 N–H and O–H groups in total. The Labute approximate surface area is 145 Å². The van der Waals surface area contributed by atoms with Crippen LogP contribution in [0.15, 0.2) is 40.4 Å². The zero-order valence-electron chi connectivity index (χ0n) is 13.4. The minimum absolute atomic E-state index is 0.0890. The fourth-order valence-electron chi connectivity index (χ4n) is 2.40. The Morgan fingerprint density at radius 3 is 2.81 bits per heavy atom. The van der Waals surface area contributed by atoms with Crippen LogP contribution in [0.4, 0.5) is 24.8 Å². The van der Waals surface area contributed by atoms with Crippen LogP contribution < -0.4 is 15.9 Å². The molecule has 0 radical (unpaired) electrons. The highest BCUT2D eigenvalue weighted by molar-refractivity contribution is 5.92. The zero-order valence-corrected chi connectivity index (χ0v) is 13.4. The molecule has 26 heavy (non-hydrogen) atoms. The number of carbonyl (C=O) groups excluding carboxylic acids is 1. The summed E-state index contributed by atoms with van der Waals surface area (Å²) in [5.41, 5.74) is -1.31. The van der Waals surface area contributed by atoms with Crippen molar-refractivity contribution in [1.82, 2.24) is 9.97 Å². The van der Waals surface area contributed by atoms with Crippen molar-refractivity contribution in [3.05, 3.63) is 51.9 Å². The van der Waals surface area contributed by atoms with Gasteiger partial charge in [0.15, 0.2) is 0 Å². The van der Waals surface area contributed by atoms with Crippen molar-refractivity contribution in [2.24, 2.45) is 5.10 Å². The lowest BCUT2D eigenvalue weighted by molar-refractivity contribution is -0.137. The van der Waals surface area contributed by atoms with E-state index >= 15 is 0 Å². The maximum absolute atomic E-state index is 12.7. The molecule has 1 amide bonds. The highest BCUT2D eigenvalue weighted by Crippen LogP contribution is 2.29. The van der Waals surface area contributed by atoms with E-state index in [1.165, 1.54) is 23.3 Å². The maximum Gasteiger partial charge on any atom is 0.416 e. The van der Waals surface area contributed by atoms with E-state index in [0.717, 1.165) is 18.6 Å². The van der Waals surface area contributed by atoms with Crippen LogP contribution in [0.25, 0.3) is 0 Å². The van der Waals surface area contributed by atoms with Crippen LogP contribution in [0.5, 0.6) is 0 Å². The van der Waals surface area contributed by atoms with Crippen LogP contribution in [0.3, 0.4) is 0 Å². The Hall–Kier alpha value is -3.17. The molecule has 2 heterocycles. The second-order valence-electron chi connectivity index (χ2n) is 5.58. The minimum atomic E-state index is -4.48. The number of nitrogens with one attached hydrogen (secondary N) is 2. The number of rotatable bonds is 4. The summed E-state index contributed by atoms with van der Waals surface area (Å²) < 4.78 is 38.1. The minimum Gasteiger partial charge on any atom is -0.320 e. The molecular weight excluding hydrogens is 351 g/mol. The largest absolute Gasteiger partial charge is 0.416 e. The first-order valence-electron chi connectivity index (χ1n) is 7.68. The summed E-state index contributed by atoms with van der Waals surface area (Å²) >= 11 is 0. The lowest BCUT2D eigenvalue weighted by atomic mass is 10.1. The first kappa shape index (κ1) is 17.6. The Balaban J connectivity index is 1.69. The fraction of sp³-hybridized carbons (Fsp3) is 0.250. The van der Waals surface area contributed by atoms with E-state index in [1.807, 2.05) is 0 Å². The molecule has 136 valence electrons. The van der Waals surface area contributed by atoms with E-state index in [4.69, 9.17) is 0 Å². The summed E-state index contributed by atoms with van der Waals surface area (Å²) in [4.78, 5) is 30.6. The Kier molecular flexibility index (Phi) is 4.74. The van der Waals surface area contributed by atoms with Gasteiger partial charge in [-0.3, -0.25) is 14.6 Å². The number of amides is 1. The number of hydrogen-bond acceptors (Lipinski definition) is 5. The molecule has 0 bridgehead atoms. The van der Waals surface area contributed by atoms with Crippen molar-refractivity contribution in [3.8, 4) is 0 Å². The highest BCUT2D eigenvalue weighted by atomic mass is 19.4. The highest BCUT2D eigenvalue weighted by Gasteiger charge is 2.30. The van der Waals surface area contributed by atoms with Gasteiger partial charge in [-0.1, -0.05) is 18.2 Å². The van der Waals surface area contributed by atoms with Crippen molar-refractivity contribution >= 4 is 23.8 Å². The quantitative estimate of drug-likeness (QED) is 0.869. The molecule has 10 heteroatoms. The number of carbonyl (C=O) groups is 1. The van der Waals surface area contributed by atoms with Gasteiger partial charge in [0.2, 0.25) is 11.9 Å². The van der Waals surface area contributed by atoms with Gasteiger partial charge in [0.25, 0.3) is 5.56 Å². The number of anilines is 2. The Morgan fingerprint density at radius 2 is 2.15 bits per heavy atom. The molecule has 7 nitrogen and oxygen atoms in total. The lowest BCUT2D eigenvalue weighted by Gasteiger charge is -2.12. The third-order valence-electron chi connectivity index (χ3n) is 3.61. The summed E-state index contributed by atoms with van der Waals surface area (Å²) in [5.74, 6) is -0.372. The van der Waals surface area contributed by atoms with Crippen LogP contribution in [-0.4, -0.2) is 28.6 Å². The number of nitrogens with zero attached hydrogens (tertiary/aromatic N) is 3. The first-order chi connectivity index (χ1) is 12.3. The van der Waals surface area contributed by atoms with Crippen molar-refractivity contribution in [2.45, 2.75) is 19.0 Å². The van der Waals surface area contributed by atoms with Crippen LogP contribution in [-0.2, 0) is 17.4 Å². The number of aromatic nitrogens is 2. The van der Waals surface area contributed by atoms with E-state index < -0.39 is 23.2 Å². The van der Waals surface area contributed by atoms with Gasteiger partial charge >= 0.3 is 6.18 Å². The van der Waals surface area contributed by atoms with E-state index in [2.05, 4.69) is 20.4 Å². The van der Waals surface area contributed by atoms with Gasteiger partial charge in [0.1, 0.15) is 5.69 Å². The predicted octanol–water partition coefficient (Wildman–Crippen LogP) is 2.17. The average Bonchev–Trinajstić information content (AvgIpc) is 3.10. The molecule has 3 rings (SSSR count). The number of benzene rings is 1. The van der Waals surface area contributed by atoms with Crippen LogP contribution in [0.1, 0.15) is 17.5 Å². The number of alkyl halides is 3. The molecule has 0 saturated heterocycles. The molecule has 1 aromatic heterocycles. The van der Waals surface area contributed by atoms with Gasteiger partial charge in [-0.25, -0.2) is 9.99 Å². The maximum atomic E-state index is 12.7. The molecule has 0 saturated carbocycles. The van der Waals surface area contributed by atoms with Crippen molar-refractivity contribution < 1.29 is 18.0 Å². The van der Waals surface area contributed by atoms with Crippen molar-refractivity contribution in [1.29, 1.82) is 0 Å². The third kappa shape index (κ3) is 4.08. The van der Waals surface area contributed by atoms with Crippen LogP contribution in [0, 0.1) is 0 Å². The molecule has 0 atom stereocenters. The number of halogens is 3. The van der Waals surface area contributed by atoms with Gasteiger partial charge in [-0.05, 0) is 11.6 Å². The summed E-state index contributed by atoms with van der Waals surface area (Å²) in [6.07, 6.45) is -1.18. The van der Waals surface area contributed by atoms with E-state index in [-0.39, 0.29) is 23.6 Å². The van der Waals surface area contributed by atoms with E-state index in [1.54, 1.807) is 6.21 Å². The molecule has 1 aliphatic heterocycles. The van der Waals surface area contributed by atoms with Gasteiger partial charge in [-0.15, -0.1) is 0 Å². The third-order valence-corrected chi connectivity index (χ3v) is 3.61. The fourth-order valence-corrected chi connectivity index (χ4v) is 2.40. The summed E-state index contributed by atoms with van der Waals surface area (Å²) in [6.45, 7) is 0.587. The molecular formula is C16H14F3N5O2. The van der Waals surface area contributed by atoms with Gasteiger partial charge in [0.05, 0.1) is 18.2 Å². The molecule has 0 unspecified atom stereocenters. The van der Waals surface area contributed by atoms with Crippen molar-refractivity contribution in [3.63, 3.8) is 0 Å². The number of hydrazone groups is 1. The van der Waals surface area contributed by atoms with Crippen LogP contribution >= 0.6 is 0 Å². The lowest BCUT2D eigenvalue weighted by Crippen LogP contribution is -2.25. The SMILES string of the molecule is O=C(Cc1cccc(C(F)(F)F)c1)Nc1cnc(N2CCC=N2)[nH]c1=O. The van der Waals surface area contributed by atoms with Crippen LogP contribution in [0.2, 0.25) is 0 Å². The summed E-state index contributed by atoms with van der Waals surface area (Å²) in [5, 5.41) is 7.88. The molecule has 0 spiro atoms. The normalized spacial score (nSPS) is 13.9. The second-order valence-corrected chi connectivity index (χ2v) is 5.58. The molecule has 2 aromatic rings. The second kappa shape index (κ2) is 6.98. The zero-order chi connectivity index (χ0) is 18.7. The Morgan fingerprint density at radius 1 is 1.35 bits per heavy atom. The number of H-pyrrole nitrogens is 1. The van der Waals surface area contributed by atoms with Gasteiger partial charge in [-0.2, -0.15) is 18.3 Å². The summed E-state index contributed by atoms with van der Waals surface area (Å²) in [7, 11) is 0. The predicted molar refractivity (Wildman–Crippen MR) is 89.1 cm³/mol. The number of aromatic amines is 1. The van der Waals surface area contributed by atoms with Crippen molar-refractivity contribution in [2.75, 3.05) is 16.9 Å². The smallest absolute Gasteiger partial charge is 0.320 e. The molecule has 1 aromatic carbocycles. The average molecular weight is 365 g/mol. The van der Waals surface area contributed by atoms with E-state index in [0.29, 0.717) is 6.54 Å². The standard InChI is InChI=1S/C16H14F3N5O2/c17-16(18,19)11-4-1-3-10(7-11)8-13(25)22-12-9-20-15(23-14(12)26)24-6-2-5-21-24/h1,3-5,7,9H,2,6,8H2,(H,22,25)(H,20,23,26). The first-order valence-corrected chi connectivity index (χ1v) is 7.68. The number of hydrogen-bond donors (Lipinski definition) is 2. The molecule has 1 aliphatic rings. The topological polar surface area (TPSA) is 90.4 Å². The van der Waals surface area contributed by atoms with Gasteiger partial charge in [0, 0.05) is 19.2 Å². The monoisotopic (exact) mass is 365 g/mol.